The Morgan fingerprint density at radius 3 is 2.53 bits per heavy atom. The second kappa shape index (κ2) is 4.71. The van der Waals surface area contributed by atoms with Gasteiger partial charge < -0.3 is 9.84 Å². The van der Waals surface area contributed by atoms with Gasteiger partial charge in [-0.05, 0) is 12.1 Å². The van der Waals surface area contributed by atoms with E-state index in [1.807, 2.05) is 24.3 Å². The number of halogens is 1. The van der Waals surface area contributed by atoms with E-state index in [9.17, 15) is 4.79 Å². The summed E-state index contributed by atoms with van der Waals surface area (Å²) < 4.78 is 6.05. The molecule has 17 heavy (non-hydrogen) atoms. The maximum absolute atomic E-state index is 11.3. The lowest BCUT2D eigenvalue weighted by atomic mass is 10.1. The molecule has 0 aliphatic rings. The Bertz CT molecular complexity index is 546. The van der Waals surface area contributed by atoms with Crippen molar-refractivity contribution in [2.24, 2.45) is 0 Å². The summed E-state index contributed by atoms with van der Waals surface area (Å²) in [6, 6.07) is 7.65. The molecular weight excluding hydrogens is 284 g/mol. The first-order valence-electron chi connectivity index (χ1n) is 5.07. The van der Waals surface area contributed by atoms with Crippen molar-refractivity contribution in [2.75, 3.05) is 12.4 Å². The third-order valence-corrected chi connectivity index (χ3v) is 2.91. The van der Waals surface area contributed by atoms with Gasteiger partial charge >= 0.3 is 0 Å². The number of nitrogens with zero attached hydrogens (tertiary/aromatic N) is 1. The summed E-state index contributed by atoms with van der Waals surface area (Å²) in [6.45, 7) is 1.45. The number of benzene rings is 1. The molecule has 0 atom stereocenters. The highest BCUT2D eigenvalue weighted by atomic mass is 79.9. The molecule has 0 aliphatic heterocycles. The molecule has 0 unspecified atom stereocenters. The topological polar surface area (TPSA) is 55.1 Å². The van der Waals surface area contributed by atoms with Crippen molar-refractivity contribution in [1.29, 1.82) is 0 Å². The number of carbonyl (C=O) groups excluding carboxylic acids is 1. The molecular formula is C12H11BrN2O2. The number of aromatic nitrogens is 1. The molecule has 1 aromatic heterocycles. The van der Waals surface area contributed by atoms with E-state index in [1.165, 1.54) is 6.92 Å². The predicted octanol–water partition coefficient (Wildman–Crippen LogP) is 3.35. The zero-order valence-electron chi connectivity index (χ0n) is 9.45. The quantitative estimate of drug-likeness (QED) is 0.882. The van der Waals surface area contributed by atoms with E-state index in [4.69, 9.17) is 4.52 Å². The lowest BCUT2D eigenvalue weighted by Crippen LogP contribution is -1.97. The van der Waals surface area contributed by atoms with Crippen LogP contribution in [-0.2, 0) is 0 Å². The summed E-state index contributed by atoms with van der Waals surface area (Å²) in [5.41, 5.74) is 2.17. The van der Waals surface area contributed by atoms with E-state index in [-0.39, 0.29) is 11.5 Å². The predicted molar refractivity (Wildman–Crippen MR) is 69.2 cm³/mol. The van der Waals surface area contributed by atoms with Crippen LogP contribution in [0.25, 0.3) is 11.3 Å². The molecule has 0 spiro atoms. The highest BCUT2D eigenvalue weighted by Crippen LogP contribution is 2.31. The van der Waals surface area contributed by atoms with E-state index < -0.39 is 0 Å². The maximum Gasteiger partial charge on any atom is 0.225 e. The number of ketones is 1. The van der Waals surface area contributed by atoms with Gasteiger partial charge in [-0.3, -0.25) is 4.79 Å². The molecule has 0 amide bonds. The zero-order chi connectivity index (χ0) is 12.4. The molecule has 0 saturated heterocycles. The standard InChI is InChI=1S/C12H11BrN2O2/c1-7(16)12-11(14-2)10(15-17-12)8-3-5-9(13)6-4-8/h3-6,14H,1-2H3. The summed E-state index contributed by atoms with van der Waals surface area (Å²) in [4.78, 5) is 11.3. The number of carbonyl (C=O) groups is 1. The van der Waals surface area contributed by atoms with Crippen LogP contribution in [0, 0.1) is 0 Å². The fourth-order valence-corrected chi connectivity index (χ4v) is 1.83. The number of hydrogen-bond donors (Lipinski definition) is 1. The fourth-order valence-electron chi connectivity index (χ4n) is 1.57. The first kappa shape index (κ1) is 11.9. The monoisotopic (exact) mass is 294 g/mol. The molecule has 88 valence electrons. The smallest absolute Gasteiger partial charge is 0.225 e. The minimum atomic E-state index is -0.148. The Morgan fingerprint density at radius 2 is 2.00 bits per heavy atom. The Morgan fingerprint density at radius 1 is 1.35 bits per heavy atom. The van der Waals surface area contributed by atoms with Gasteiger partial charge in [0.15, 0.2) is 5.78 Å². The van der Waals surface area contributed by atoms with Crippen molar-refractivity contribution in [3.8, 4) is 11.3 Å². The van der Waals surface area contributed by atoms with Gasteiger partial charge in [-0.1, -0.05) is 33.2 Å². The number of hydrogen-bond acceptors (Lipinski definition) is 4. The molecule has 0 saturated carbocycles. The first-order valence-corrected chi connectivity index (χ1v) is 5.87. The largest absolute Gasteiger partial charge is 0.383 e. The van der Waals surface area contributed by atoms with Crippen LogP contribution in [0.1, 0.15) is 17.5 Å². The SMILES string of the molecule is CNc1c(-c2ccc(Br)cc2)noc1C(C)=O. The van der Waals surface area contributed by atoms with Gasteiger partial charge in [-0.25, -0.2) is 0 Å². The number of rotatable bonds is 3. The van der Waals surface area contributed by atoms with Gasteiger partial charge in [-0.2, -0.15) is 0 Å². The highest BCUT2D eigenvalue weighted by molar-refractivity contribution is 9.10. The average molecular weight is 295 g/mol. The molecule has 5 heteroatoms. The summed E-state index contributed by atoms with van der Waals surface area (Å²) >= 11 is 3.37. The highest BCUT2D eigenvalue weighted by Gasteiger charge is 2.19. The van der Waals surface area contributed by atoms with Crippen LogP contribution in [0.15, 0.2) is 33.3 Å². The van der Waals surface area contributed by atoms with E-state index in [0.29, 0.717) is 11.4 Å². The van der Waals surface area contributed by atoms with E-state index in [1.54, 1.807) is 7.05 Å². The minimum Gasteiger partial charge on any atom is -0.383 e. The van der Waals surface area contributed by atoms with Crippen LogP contribution < -0.4 is 5.32 Å². The van der Waals surface area contributed by atoms with Gasteiger partial charge in [0.1, 0.15) is 11.4 Å². The van der Waals surface area contributed by atoms with Crippen molar-refractivity contribution in [3.63, 3.8) is 0 Å². The Kier molecular flexibility index (Phi) is 3.28. The summed E-state index contributed by atoms with van der Waals surface area (Å²) in [5.74, 6) is 0.107. The van der Waals surface area contributed by atoms with Gasteiger partial charge in [-0.15, -0.1) is 0 Å². The third kappa shape index (κ3) is 2.24. The van der Waals surface area contributed by atoms with Crippen LogP contribution in [0.4, 0.5) is 5.69 Å². The molecule has 0 radical (unpaired) electrons. The molecule has 1 aromatic carbocycles. The van der Waals surface area contributed by atoms with E-state index in [2.05, 4.69) is 26.4 Å². The van der Waals surface area contributed by atoms with Crippen LogP contribution in [-0.4, -0.2) is 18.0 Å². The van der Waals surface area contributed by atoms with Gasteiger partial charge in [0, 0.05) is 24.0 Å². The second-order valence-corrected chi connectivity index (χ2v) is 4.46. The molecule has 4 nitrogen and oxygen atoms in total. The molecule has 1 N–H and O–H groups in total. The van der Waals surface area contributed by atoms with Crippen molar-refractivity contribution in [2.45, 2.75) is 6.92 Å². The zero-order valence-corrected chi connectivity index (χ0v) is 11.0. The number of nitrogens with one attached hydrogen (secondary N) is 1. The Labute approximate surface area is 107 Å². The summed E-state index contributed by atoms with van der Waals surface area (Å²) in [5, 5.41) is 6.88. The molecule has 2 aromatic rings. The lowest BCUT2D eigenvalue weighted by Gasteiger charge is -2.01. The van der Waals surface area contributed by atoms with Gasteiger partial charge in [0.25, 0.3) is 0 Å². The lowest BCUT2D eigenvalue weighted by molar-refractivity contribution is 0.0979. The van der Waals surface area contributed by atoms with Gasteiger partial charge in [0.05, 0.1) is 0 Å². The van der Waals surface area contributed by atoms with Crippen molar-refractivity contribution in [1.82, 2.24) is 5.16 Å². The minimum absolute atomic E-state index is 0.148. The maximum atomic E-state index is 11.3. The van der Waals surface area contributed by atoms with Crippen molar-refractivity contribution >= 4 is 27.4 Å². The van der Waals surface area contributed by atoms with Crippen LogP contribution >= 0.6 is 15.9 Å². The van der Waals surface area contributed by atoms with Gasteiger partial charge in [0.2, 0.25) is 5.76 Å². The average Bonchev–Trinajstić information content (AvgIpc) is 2.73. The van der Waals surface area contributed by atoms with Crippen LogP contribution in [0.3, 0.4) is 0 Å². The second-order valence-electron chi connectivity index (χ2n) is 3.55. The molecule has 0 aliphatic carbocycles. The van der Waals surface area contributed by atoms with Crippen molar-refractivity contribution in [3.05, 3.63) is 34.5 Å². The van der Waals surface area contributed by atoms with E-state index in [0.717, 1.165) is 10.0 Å². The molecule has 1 heterocycles. The number of anilines is 1. The summed E-state index contributed by atoms with van der Waals surface area (Å²) in [6.07, 6.45) is 0. The first-order chi connectivity index (χ1) is 8.13. The number of Topliss-reactive ketones (excluding diaryl/α,β-unsaturated/α-hetero) is 1. The molecule has 0 bridgehead atoms. The Balaban J connectivity index is 2.52. The van der Waals surface area contributed by atoms with Crippen LogP contribution in [0.2, 0.25) is 0 Å². The van der Waals surface area contributed by atoms with Crippen molar-refractivity contribution < 1.29 is 9.32 Å². The van der Waals surface area contributed by atoms with E-state index >= 15 is 0 Å². The third-order valence-electron chi connectivity index (χ3n) is 2.38. The molecule has 0 fully saturated rings. The normalized spacial score (nSPS) is 10.3. The van der Waals surface area contributed by atoms with Crippen LogP contribution in [0.5, 0.6) is 0 Å². The summed E-state index contributed by atoms with van der Waals surface area (Å²) in [7, 11) is 1.74. The fraction of sp³-hybridized carbons (Fsp3) is 0.167. The Hall–Kier alpha value is -1.62. The molecule has 2 rings (SSSR count).